The largest absolute Gasteiger partial charge is 0.355 e. The van der Waals surface area contributed by atoms with Crippen molar-refractivity contribution < 1.29 is 4.79 Å². The number of nitrogens with zero attached hydrogens (tertiary/aromatic N) is 2. The predicted octanol–water partition coefficient (Wildman–Crippen LogP) is 0.497. The lowest BCUT2D eigenvalue weighted by Crippen LogP contribution is -2.30. The molecule has 1 aromatic heterocycles. The quantitative estimate of drug-likeness (QED) is 0.859. The van der Waals surface area contributed by atoms with Gasteiger partial charge in [-0.25, -0.2) is 9.89 Å². The SMILES string of the molecule is Cn1c(CCNC(=O)[C@H]2CCc3ccccc32)n[nH]c1=O. The van der Waals surface area contributed by atoms with Crippen molar-refractivity contribution in [2.24, 2.45) is 7.05 Å². The molecule has 6 heteroatoms. The number of carbonyl (C=O) groups is 1. The number of benzene rings is 1. The zero-order valence-electron chi connectivity index (χ0n) is 11.9. The molecule has 1 heterocycles. The van der Waals surface area contributed by atoms with Gasteiger partial charge in [0, 0.05) is 20.0 Å². The molecule has 0 aliphatic heterocycles. The average molecular weight is 286 g/mol. The third-order valence-electron chi connectivity index (χ3n) is 4.07. The summed E-state index contributed by atoms with van der Waals surface area (Å²) in [7, 11) is 1.66. The number of aryl methyl sites for hydroxylation is 1. The van der Waals surface area contributed by atoms with Crippen LogP contribution >= 0.6 is 0 Å². The minimum Gasteiger partial charge on any atom is -0.355 e. The molecule has 0 bridgehead atoms. The first kappa shape index (κ1) is 13.6. The minimum absolute atomic E-state index is 0.0517. The number of rotatable bonds is 4. The summed E-state index contributed by atoms with van der Waals surface area (Å²) in [5.41, 5.74) is 2.18. The Morgan fingerprint density at radius 2 is 2.29 bits per heavy atom. The maximum absolute atomic E-state index is 12.3. The van der Waals surface area contributed by atoms with E-state index in [4.69, 9.17) is 0 Å². The number of H-pyrrole nitrogens is 1. The molecule has 1 aromatic carbocycles. The van der Waals surface area contributed by atoms with E-state index in [1.54, 1.807) is 7.05 Å². The average Bonchev–Trinajstić information content (AvgIpc) is 3.05. The van der Waals surface area contributed by atoms with Gasteiger partial charge in [-0.2, -0.15) is 5.10 Å². The first-order valence-corrected chi connectivity index (χ1v) is 7.12. The van der Waals surface area contributed by atoms with Gasteiger partial charge in [-0.15, -0.1) is 0 Å². The van der Waals surface area contributed by atoms with Gasteiger partial charge in [0.2, 0.25) is 5.91 Å². The number of aromatic nitrogens is 3. The van der Waals surface area contributed by atoms with E-state index < -0.39 is 0 Å². The molecule has 110 valence electrons. The first-order valence-electron chi connectivity index (χ1n) is 7.12. The zero-order valence-corrected chi connectivity index (χ0v) is 11.9. The highest BCUT2D eigenvalue weighted by Crippen LogP contribution is 2.32. The topological polar surface area (TPSA) is 79.8 Å². The van der Waals surface area contributed by atoms with Crippen molar-refractivity contribution >= 4 is 5.91 Å². The number of fused-ring (bicyclic) bond motifs is 1. The van der Waals surface area contributed by atoms with Crippen LogP contribution in [0.4, 0.5) is 0 Å². The van der Waals surface area contributed by atoms with E-state index >= 15 is 0 Å². The van der Waals surface area contributed by atoms with E-state index in [1.807, 2.05) is 18.2 Å². The van der Waals surface area contributed by atoms with E-state index in [1.165, 1.54) is 10.1 Å². The molecule has 2 aromatic rings. The van der Waals surface area contributed by atoms with Crippen LogP contribution in [0.25, 0.3) is 0 Å². The number of hydrogen-bond donors (Lipinski definition) is 2. The van der Waals surface area contributed by atoms with Gasteiger partial charge in [-0.3, -0.25) is 9.36 Å². The predicted molar refractivity (Wildman–Crippen MR) is 78.0 cm³/mol. The molecule has 6 nitrogen and oxygen atoms in total. The fraction of sp³-hybridized carbons (Fsp3) is 0.400. The lowest BCUT2D eigenvalue weighted by molar-refractivity contribution is -0.122. The summed E-state index contributed by atoms with van der Waals surface area (Å²) in [4.78, 5) is 23.5. The molecule has 0 radical (unpaired) electrons. The maximum Gasteiger partial charge on any atom is 0.343 e. The van der Waals surface area contributed by atoms with Gasteiger partial charge >= 0.3 is 5.69 Å². The Morgan fingerprint density at radius 1 is 1.48 bits per heavy atom. The smallest absolute Gasteiger partial charge is 0.343 e. The Balaban J connectivity index is 1.58. The van der Waals surface area contributed by atoms with Gasteiger partial charge in [-0.1, -0.05) is 24.3 Å². The Labute approximate surface area is 122 Å². The third kappa shape index (κ3) is 2.61. The number of amides is 1. The van der Waals surface area contributed by atoms with E-state index in [0.29, 0.717) is 18.8 Å². The monoisotopic (exact) mass is 286 g/mol. The van der Waals surface area contributed by atoms with Gasteiger partial charge in [0.25, 0.3) is 0 Å². The Bertz CT molecular complexity index is 716. The molecule has 3 rings (SSSR count). The highest BCUT2D eigenvalue weighted by molar-refractivity contribution is 5.84. The van der Waals surface area contributed by atoms with E-state index in [9.17, 15) is 9.59 Å². The van der Waals surface area contributed by atoms with E-state index in [-0.39, 0.29) is 17.5 Å². The van der Waals surface area contributed by atoms with Crippen molar-refractivity contribution in [3.8, 4) is 0 Å². The molecule has 21 heavy (non-hydrogen) atoms. The molecule has 1 amide bonds. The van der Waals surface area contributed by atoms with Crippen molar-refractivity contribution in [1.29, 1.82) is 0 Å². The van der Waals surface area contributed by atoms with E-state index in [0.717, 1.165) is 18.4 Å². The Morgan fingerprint density at radius 3 is 3.05 bits per heavy atom. The number of hydrogen-bond acceptors (Lipinski definition) is 3. The van der Waals surface area contributed by atoms with Crippen LogP contribution in [0.2, 0.25) is 0 Å². The van der Waals surface area contributed by atoms with Gasteiger partial charge in [0.05, 0.1) is 5.92 Å². The first-order chi connectivity index (χ1) is 10.2. The Hall–Kier alpha value is -2.37. The van der Waals surface area contributed by atoms with Crippen molar-refractivity contribution in [2.45, 2.75) is 25.2 Å². The molecule has 1 aliphatic rings. The molecule has 1 atom stereocenters. The van der Waals surface area contributed by atoms with Crippen molar-refractivity contribution in [1.82, 2.24) is 20.1 Å². The summed E-state index contributed by atoms with van der Waals surface area (Å²) in [6, 6.07) is 8.10. The van der Waals surface area contributed by atoms with E-state index in [2.05, 4.69) is 21.6 Å². The summed E-state index contributed by atoms with van der Waals surface area (Å²) in [5, 5.41) is 9.25. The van der Waals surface area contributed by atoms with Crippen LogP contribution < -0.4 is 11.0 Å². The van der Waals surface area contributed by atoms with Crippen LogP contribution in [0.15, 0.2) is 29.1 Å². The van der Waals surface area contributed by atoms with Crippen LogP contribution in [0.3, 0.4) is 0 Å². The molecule has 1 aliphatic carbocycles. The summed E-state index contributed by atoms with van der Waals surface area (Å²) >= 11 is 0. The van der Waals surface area contributed by atoms with Gasteiger partial charge in [0.1, 0.15) is 5.82 Å². The van der Waals surface area contributed by atoms with Crippen LogP contribution in [-0.4, -0.2) is 27.2 Å². The van der Waals surface area contributed by atoms with Gasteiger partial charge < -0.3 is 5.32 Å². The number of nitrogens with one attached hydrogen (secondary N) is 2. The number of carbonyl (C=O) groups excluding carboxylic acids is 1. The number of aromatic amines is 1. The molecular formula is C15H18N4O2. The van der Waals surface area contributed by atoms with Gasteiger partial charge in [0.15, 0.2) is 0 Å². The lowest BCUT2D eigenvalue weighted by atomic mass is 10.0. The summed E-state index contributed by atoms with van der Waals surface area (Å²) in [5.74, 6) is 0.650. The third-order valence-corrected chi connectivity index (χ3v) is 4.07. The molecule has 0 saturated heterocycles. The Kier molecular flexibility index (Phi) is 3.60. The van der Waals surface area contributed by atoms with Crippen molar-refractivity contribution in [2.75, 3.05) is 6.54 Å². The molecule has 0 spiro atoms. The fourth-order valence-corrected chi connectivity index (χ4v) is 2.85. The van der Waals surface area contributed by atoms with Crippen molar-refractivity contribution in [3.05, 3.63) is 51.7 Å². The second-order valence-corrected chi connectivity index (χ2v) is 5.34. The lowest BCUT2D eigenvalue weighted by Gasteiger charge is -2.12. The maximum atomic E-state index is 12.3. The summed E-state index contributed by atoms with van der Waals surface area (Å²) < 4.78 is 1.46. The normalized spacial score (nSPS) is 16.7. The highest BCUT2D eigenvalue weighted by atomic mass is 16.2. The van der Waals surface area contributed by atoms with Gasteiger partial charge in [-0.05, 0) is 24.0 Å². The minimum atomic E-state index is -0.235. The second kappa shape index (κ2) is 5.55. The fourth-order valence-electron chi connectivity index (χ4n) is 2.85. The highest BCUT2D eigenvalue weighted by Gasteiger charge is 2.27. The van der Waals surface area contributed by atoms with Crippen molar-refractivity contribution in [3.63, 3.8) is 0 Å². The van der Waals surface area contributed by atoms with Crippen LogP contribution in [0.1, 0.15) is 29.3 Å². The summed E-state index contributed by atoms with van der Waals surface area (Å²) in [6.45, 7) is 0.482. The standard InChI is InChI=1S/C15H18N4O2/c1-19-13(17-18-15(19)21)8-9-16-14(20)12-7-6-10-4-2-3-5-11(10)12/h2-5,12H,6-9H2,1H3,(H,16,20)(H,18,21)/t12-/m0/s1. The summed E-state index contributed by atoms with van der Waals surface area (Å²) in [6.07, 6.45) is 2.36. The molecular weight excluding hydrogens is 268 g/mol. The molecule has 0 saturated carbocycles. The molecule has 2 N–H and O–H groups in total. The van der Waals surface area contributed by atoms with Crippen LogP contribution in [0.5, 0.6) is 0 Å². The van der Waals surface area contributed by atoms with Crippen LogP contribution in [0, 0.1) is 0 Å². The second-order valence-electron chi connectivity index (χ2n) is 5.34. The molecule has 0 fully saturated rings. The molecule has 0 unspecified atom stereocenters. The van der Waals surface area contributed by atoms with Crippen LogP contribution in [-0.2, 0) is 24.7 Å². The zero-order chi connectivity index (χ0) is 14.8.